The van der Waals surface area contributed by atoms with E-state index in [4.69, 9.17) is 0 Å². The van der Waals surface area contributed by atoms with E-state index in [2.05, 4.69) is 15.6 Å². The molecule has 2 heterocycles. The number of benzene rings is 2. The third kappa shape index (κ3) is 4.17. The van der Waals surface area contributed by atoms with E-state index in [-0.39, 0.29) is 12.4 Å². The topological polar surface area (TPSA) is 94.3 Å². The van der Waals surface area contributed by atoms with Crippen molar-refractivity contribution in [1.82, 2.24) is 20.5 Å². The average Bonchev–Trinajstić information content (AvgIpc) is 3.26. The lowest BCUT2D eigenvalue weighted by atomic mass is 10.1. The monoisotopic (exact) mass is 408 g/mol. The predicted octanol–water partition coefficient (Wildman–Crippen LogP) is 2.13. The van der Waals surface area contributed by atoms with Crippen molar-refractivity contribution in [2.24, 2.45) is 0 Å². The maximum atomic E-state index is 12.9. The van der Waals surface area contributed by atoms with Crippen LogP contribution in [0.3, 0.4) is 0 Å². The van der Waals surface area contributed by atoms with Gasteiger partial charge in [-0.15, -0.1) is 0 Å². The Bertz CT molecular complexity index is 1090. The summed E-state index contributed by atoms with van der Waals surface area (Å²) in [6.07, 6.45) is 2.70. The van der Waals surface area contributed by atoms with Crippen LogP contribution in [0.4, 0.5) is 9.18 Å². The van der Waals surface area contributed by atoms with Crippen molar-refractivity contribution in [3.05, 3.63) is 71.7 Å². The maximum absolute atomic E-state index is 12.9. The van der Waals surface area contributed by atoms with Gasteiger partial charge in [0.2, 0.25) is 5.91 Å². The molecule has 0 bridgehead atoms. The van der Waals surface area contributed by atoms with Gasteiger partial charge in [0.15, 0.2) is 0 Å². The summed E-state index contributed by atoms with van der Waals surface area (Å²) in [5, 5.41) is 6.34. The molecule has 7 nitrogen and oxygen atoms in total. The number of rotatable bonds is 7. The second-order valence-electron chi connectivity index (χ2n) is 7.22. The van der Waals surface area contributed by atoms with Gasteiger partial charge in [-0.1, -0.05) is 30.3 Å². The zero-order valence-corrected chi connectivity index (χ0v) is 16.2. The molecule has 1 aromatic heterocycles. The first-order chi connectivity index (χ1) is 14.5. The average molecular weight is 408 g/mol. The molecule has 0 aliphatic carbocycles. The number of carbonyl (C=O) groups excluding carboxylic acids is 3. The van der Waals surface area contributed by atoms with Crippen LogP contribution >= 0.6 is 0 Å². The molecular formula is C22H21FN4O3. The fraction of sp³-hybridized carbons (Fsp3) is 0.227. The summed E-state index contributed by atoms with van der Waals surface area (Å²) < 4.78 is 12.9. The molecule has 4 rings (SSSR count). The molecule has 0 spiro atoms. The third-order valence-corrected chi connectivity index (χ3v) is 5.16. The molecule has 0 radical (unpaired) electrons. The minimum atomic E-state index is -0.705. The van der Waals surface area contributed by atoms with Crippen LogP contribution in [0.1, 0.15) is 11.1 Å². The van der Waals surface area contributed by atoms with Gasteiger partial charge in [-0.2, -0.15) is 0 Å². The van der Waals surface area contributed by atoms with Crippen LogP contribution in [-0.4, -0.2) is 46.9 Å². The number of nitrogens with zero attached hydrogens (tertiary/aromatic N) is 1. The first kappa shape index (κ1) is 19.6. The highest BCUT2D eigenvalue weighted by atomic mass is 19.1. The SMILES string of the molecule is O=C(CN1C(=O)N[C@@H](Cc2c[nH]c3ccccc23)C1=O)NCCc1ccc(F)cc1. The number of urea groups is 1. The third-order valence-electron chi connectivity index (χ3n) is 5.16. The van der Waals surface area contributed by atoms with Gasteiger partial charge in [-0.3, -0.25) is 14.5 Å². The normalized spacial score (nSPS) is 16.2. The summed E-state index contributed by atoms with van der Waals surface area (Å²) >= 11 is 0. The number of hydrogen-bond acceptors (Lipinski definition) is 3. The van der Waals surface area contributed by atoms with Crippen LogP contribution in [-0.2, 0) is 22.4 Å². The number of halogens is 1. The van der Waals surface area contributed by atoms with Gasteiger partial charge in [0.05, 0.1) is 0 Å². The summed E-state index contributed by atoms with van der Waals surface area (Å²) in [6, 6.07) is 12.5. The van der Waals surface area contributed by atoms with Gasteiger partial charge < -0.3 is 15.6 Å². The van der Waals surface area contributed by atoms with E-state index in [0.29, 0.717) is 19.4 Å². The van der Waals surface area contributed by atoms with Crippen LogP contribution in [0.25, 0.3) is 10.9 Å². The van der Waals surface area contributed by atoms with Gasteiger partial charge >= 0.3 is 6.03 Å². The predicted molar refractivity (Wildman–Crippen MR) is 109 cm³/mol. The van der Waals surface area contributed by atoms with E-state index in [1.54, 1.807) is 12.1 Å². The molecule has 0 saturated carbocycles. The standard InChI is InChI=1S/C22H21FN4O3/c23-16-7-5-14(6-8-16)9-10-24-20(28)13-27-21(29)19(26-22(27)30)11-15-12-25-18-4-2-1-3-17(15)18/h1-8,12,19,25H,9-11,13H2,(H,24,28)(H,26,30)/t19-/m0/s1. The molecule has 3 aromatic rings. The van der Waals surface area contributed by atoms with Crippen molar-refractivity contribution in [1.29, 1.82) is 0 Å². The molecule has 0 unspecified atom stereocenters. The number of fused-ring (bicyclic) bond motifs is 1. The Morgan fingerprint density at radius 3 is 2.67 bits per heavy atom. The van der Waals surface area contributed by atoms with Crippen molar-refractivity contribution in [2.75, 3.05) is 13.1 Å². The van der Waals surface area contributed by atoms with Gasteiger partial charge in [0.25, 0.3) is 5.91 Å². The van der Waals surface area contributed by atoms with Crippen molar-refractivity contribution in [2.45, 2.75) is 18.9 Å². The number of aromatic amines is 1. The van der Waals surface area contributed by atoms with E-state index < -0.39 is 23.9 Å². The number of amides is 4. The largest absolute Gasteiger partial charge is 0.361 e. The first-order valence-electron chi connectivity index (χ1n) is 9.69. The zero-order chi connectivity index (χ0) is 21.1. The van der Waals surface area contributed by atoms with Crippen molar-refractivity contribution < 1.29 is 18.8 Å². The van der Waals surface area contributed by atoms with E-state index in [1.807, 2.05) is 30.5 Å². The molecule has 1 atom stereocenters. The lowest BCUT2D eigenvalue weighted by molar-refractivity contribution is -0.132. The summed E-state index contributed by atoms with van der Waals surface area (Å²) in [4.78, 5) is 41.1. The van der Waals surface area contributed by atoms with E-state index in [0.717, 1.165) is 26.9 Å². The van der Waals surface area contributed by atoms with Crippen LogP contribution in [0.2, 0.25) is 0 Å². The molecule has 30 heavy (non-hydrogen) atoms. The van der Waals surface area contributed by atoms with Crippen molar-refractivity contribution in [3.8, 4) is 0 Å². The fourth-order valence-corrected chi connectivity index (χ4v) is 3.58. The number of H-pyrrole nitrogens is 1. The van der Waals surface area contributed by atoms with Gasteiger partial charge in [0, 0.05) is 30.1 Å². The Hall–Kier alpha value is -3.68. The summed E-state index contributed by atoms with van der Waals surface area (Å²) in [5.74, 6) is -1.16. The summed E-state index contributed by atoms with van der Waals surface area (Å²) in [5.41, 5.74) is 2.77. The molecule has 154 valence electrons. The van der Waals surface area contributed by atoms with Crippen LogP contribution in [0.5, 0.6) is 0 Å². The lowest BCUT2D eigenvalue weighted by Gasteiger charge is -2.13. The highest BCUT2D eigenvalue weighted by molar-refractivity contribution is 6.06. The number of hydrogen-bond donors (Lipinski definition) is 3. The Morgan fingerprint density at radius 1 is 1.10 bits per heavy atom. The minimum absolute atomic E-state index is 0.316. The number of aromatic nitrogens is 1. The summed E-state index contributed by atoms with van der Waals surface area (Å²) in [6.45, 7) is -0.00858. The zero-order valence-electron chi connectivity index (χ0n) is 16.2. The minimum Gasteiger partial charge on any atom is -0.361 e. The molecule has 8 heteroatoms. The molecule has 1 aliphatic heterocycles. The van der Waals surface area contributed by atoms with Gasteiger partial charge in [-0.05, 0) is 35.7 Å². The molecule has 1 saturated heterocycles. The lowest BCUT2D eigenvalue weighted by Crippen LogP contribution is -2.41. The fourth-order valence-electron chi connectivity index (χ4n) is 3.58. The van der Waals surface area contributed by atoms with Gasteiger partial charge in [-0.25, -0.2) is 9.18 Å². The number of para-hydroxylation sites is 1. The Balaban J connectivity index is 1.31. The summed E-state index contributed by atoms with van der Waals surface area (Å²) in [7, 11) is 0. The number of nitrogens with one attached hydrogen (secondary N) is 3. The molecule has 1 fully saturated rings. The molecular weight excluding hydrogens is 387 g/mol. The molecule has 1 aliphatic rings. The molecule has 3 N–H and O–H groups in total. The second-order valence-corrected chi connectivity index (χ2v) is 7.22. The van der Waals surface area contributed by atoms with Crippen LogP contribution < -0.4 is 10.6 Å². The first-order valence-corrected chi connectivity index (χ1v) is 9.69. The highest BCUT2D eigenvalue weighted by Gasteiger charge is 2.39. The van der Waals surface area contributed by atoms with Crippen LogP contribution in [0.15, 0.2) is 54.7 Å². The maximum Gasteiger partial charge on any atom is 0.325 e. The highest BCUT2D eigenvalue weighted by Crippen LogP contribution is 2.21. The van der Waals surface area contributed by atoms with E-state index in [9.17, 15) is 18.8 Å². The van der Waals surface area contributed by atoms with E-state index in [1.165, 1.54) is 12.1 Å². The van der Waals surface area contributed by atoms with E-state index >= 15 is 0 Å². The molecule has 2 aromatic carbocycles. The Labute approximate surface area is 172 Å². The second kappa shape index (κ2) is 8.36. The Kier molecular flexibility index (Phi) is 5.47. The quantitative estimate of drug-likeness (QED) is 0.523. The van der Waals surface area contributed by atoms with Crippen molar-refractivity contribution in [3.63, 3.8) is 0 Å². The molecule has 4 amide bonds. The number of imide groups is 1. The number of carbonyl (C=O) groups is 3. The van der Waals surface area contributed by atoms with Crippen LogP contribution in [0, 0.1) is 5.82 Å². The van der Waals surface area contributed by atoms with Gasteiger partial charge in [0.1, 0.15) is 18.4 Å². The smallest absolute Gasteiger partial charge is 0.325 e. The Morgan fingerprint density at radius 2 is 1.87 bits per heavy atom. The van der Waals surface area contributed by atoms with Crippen molar-refractivity contribution >= 4 is 28.7 Å².